The monoisotopic (exact) mass is 620 g/mol. The average Bonchev–Trinajstić information content (AvgIpc) is 3.19. The van der Waals surface area contributed by atoms with Gasteiger partial charge in [-0.1, -0.05) is 81.9 Å². The van der Waals surface area contributed by atoms with Crippen LogP contribution in [0.1, 0.15) is 41.6 Å². The molecule has 2 aliphatic rings. The quantitative estimate of drug-likeness (QED) is 0.271. The van der Waals surface area contributed by atoms with Gasteiger partial charge in [-0.2, -0.15) is 0 Å². The summed E-state index contributed by atoms with van der Waals surface area (Å²) in [4.78, 5) is 19.8. The van der Waals surface area contributed by atoms with Crippen LogP contribution in [0.5, 0.6) is 5.75 Å². The molecule has 180 valence electrons. The molecule has 0 bridgehead atoms. The van der Waals surface area contributed by atoms with Gasteiger partial charge in [0.2, 0.25) is 0 Å². The molecule has 6 rings (SSSR count). The fraction of sp³-hybridized carbons (Fsp3) is 0.172. The van der Waals surface area contributed by atoms with Gasteiger partial charge < -0.3 is 4.74 Å². The highest BCUT2D eigenvalue weighted by atomic mass is 79.9. The predicted molar refractivity (Wildman–Crippen MR) is 152 cm³/mol. The summed E-state index contributed by atoms with van der Waals surface area (Å²) in [6.07, 6.45) is 3.75. The molecule has 0 saturated heterocycles. The van der Waals surface area contributed by atoms with Crippen molar-refractivity contribution in [2.75, 3.05) is 6.61 Å². The molecule has 1 aromatic heterocycles. The molecule has 0 radical (unpaired) electrons. The van der Waals surface area contributed by atoms with E-state index in [1.165, 1.54) is 28.0 Å². The van der Waals surface area contributed by atoms with Crippen LogP contribution in [-0.4, -0.2) is 11.2 Å². The Balaban J connectivity index is 1.62. The molecule has 1 atom stereocenters. The number of allylic oxidation sites excluding steroid dienone is 1. The van der Waals surface area contributed by atoms with Gasteiger partial charge in [0, 0.05) is 15.6 Å². The van der Waals surface area contributed by atoms with Gasteiger partial charge in [-0.05, 0) is 70.6 Å². The summed E-state index contributed by atoms with van der Waals surface area (Å²) >= 11 is 8.61. The molecule has 36 heavy (non-hydrogen) atoms. The van der Waals surface area contributed by atoms with Crippen LogP contribution in [-0.2, 0) is 6.42 Å². The van der Waals surface area contributed by atoms with E-state index in [2.05, 4.69) is 68.3 Å². The lowest BCUT2D eigenvalue weighted by molar-refractivity contribution is 0.337. The van der Waals surface area contributed by atoms with Crippen LogP contribution in [0.4, 0.5) is 0 Å². The summed E-state index contributed by atoms with van der Waals surface area (Å²) in [5.41, 5.74) is 6.62. The number of halogens is 2. The zero-order valence-electron chi connectivity index (χ0n) is 19.5. The second-order valence-corrected chi connectivity index (χ2v) is 11.5. The normalized spacial score (nSPS) is 16.8. The summed E-state index contributed by atoms with van der Waals surface area (Å²) in [6, 6.07) is 22.5. The highest BCUT2D eigenvalue weighted by Crippen LogP contribution is 2.41. The van der Waals surface area contributed by atoms with Gasteiger partial charge in [-0.25, -0.2) is 4.99 Å². The molecular formula is C29H22Br2N2O2S. The van der Waals surface area contributed by atoms with Gasteiger partial charge in [0.05, 0.1) is 27.4 Å². The molecule has 0 fully saturated rings. The number of rotatable bonds is 4. The Kier molecular flexibility index (Phi) is 6.32. The van der Waals surface area contributed by atoms with E-state index in [4.69, 9.17) is 9.73 Å². The lowest BCUT2D eigenvalue weighted by Gasteiger charge is -2.30. The Bertz CT molecular complexity index is 1700. The molecule has 0 N–H and O–H groups in total. The molecule has 4 nitrogen and oxygen atoms in total. The number of hydrogen-bond donors (Lipinski definition) is 0. The lowest BCUT2D eigenvalue weighted by atomic mass is 9.83. The molecule has 0 amide bonds. The van der Waals surface area contributed by atoms with Crippen LogP contribution >= 0.6 is 43.2 Å². The van der Waals surface area contributed by atoms with Gasteiger partial charge in [0.15, 0.2) is 4.80 Å². The Hall–Kier alpha value is -2.74. The van der Waals surface area contributed by atoms with Gasteiger partial charge >= 0.3 is 0 Å². The smallest absolute Gasteiger partial charge is 0.271 e. The third-order valence-electron chi connectivity index (χ3n) is 6.60. The van der Waals surface area contributed by atoms with Crippen LogP contribution in [0.2, 0.25) is 0 Å². The minimum Gasteiger partial charge on any atom is -0.492 e. The van der Waals surface area contributed by atoms with Crippen molar-refractivity contribution >= 4 is 55.0 Å². The van der Waals surface area contributed by atoms with Crippen LogP contribution in [0.25, 0.3) is 11.8 Å². The van der Waals surface area contributed by atoms with Crippen LogP contribution in [0.3, 0.4) is 0 Å². The molecule has 2 heterocycles. The topological polar surface area (TPSA) is 43.6 Å². The molecule has 4 aromatic rings. The van der Waals surface area contributed by atoms with Crippen LogP contribution in [0.15, 0.2) is 91.0 Å². The summed E-state index contributed by atoms with van der Waals surface area (Å²) in [6.45, 7) is 2.48. The van der Waals surface area contributed by atoms with E-state index in [9.17, 15) is 4.79 Å². The van der Waals surface area contributed by atoms with Crippen molar-refractivity contribution in [1.29, 1.82) is 0 Å². The first-order valence-electron chi connectivity index (χ1n) is 11.8. The fourth-order valence-corrected chi connectivity index (χ4v) is 7.45. The van der Waals surface area contributed by atoms with E-state index >= 15 is 0 Å². The van der Waals surface area contributed by atoms with Crippen molar-refractivity contribution in [3.63, 3.8) is 0 Å². The molecule has 7 heteroatoms. The van der Waals surface area contributed by atoms with E-state index in [0.717, 1.165) is 49.2 Å². The summed E-state index contributed by atoms with van der Waals surface area (Å²) in [5, 5.41) is 0. The zero-order chi connectivity index (χ0) is 24.8. The summed E-state index contributed by atoms with van der Waals surface area (Å²) in [7, 11) is 0. The highest BCUT2D eigenvalue weighted by Gasteiger charge is 2.32. The minimum atomic E-state index is -0.173. The first-order valence-corrected chi connectivity index (χ1v) is 14.2. The third-order valence-corrected chi connectivity index (χ3v) is 8.63. The Morgan fingerprint density at radius 3 is 2.67 bits per heavy atom. The van der Waals surface area contributed by atoms with Crippen LogP contribution < -0.4 is 19.6 Å². The average molecular weight is 622 g/mol. The fourth-order valence-electron chi connectivity index (χ4n) is 5.08. The van der Waals surface area contributed by atoms with Crippen molar-refractivity contribution in [2.45, 2.75) is 25.8 Å². The maximum atomic E-state index is 14.0. The van der Waals surface area contributed by atoms with E-state index in [1.54, 1.807) is 0 Å². The molecule has 1 aliphatic carbocycles. The summed E-state index contributed by atoms with van der Waals surface area (Å²) < 4.78 is 10.2. The first kappa shape index (κ1) is 23.6. The number of aromatic nitrogens is 1. The highest BCUT2D eigenvalue weighted by molar-refractivity contribution is 9.11. The first-order chi connectivity index (χ1) is 17.5. The molecule has 0 unspecified atom stereocenters. The van der Waals surface area contributed by atoms with E-state index in [0.29, 0.717) is 11.1 Å². The third kappa shape index (κ3) is 4.03. The van der Waals surface area contributed by atoms with Crippen molar-refractivity contribution in [3.8, 4) is 5.75 Å². The maximum Gasteiger partial charge on any atom is 0.271 e. The van der Waals surface area contributed by atoms with E-state index in [-0.39, 0.29) is 11.6 Å². The van der Waals surface area contributed by atoms with Gasteiger partial charge in [0.25, 0.3) is 5.56 Å². The van der Waals surface area contributed by atoms with Crippen molar-refractivity contribution < 1.29 is 4.74 Å². The number of aryl methyl sites for hydroxylation is 1. The van der Waals surface area contributed by atoms with Gasteiger partial charge in [-0.15, -0.1) is 0 Å². The lowest BCUT2D eigenvalue weighted by Crippen LogP contribution is -2.38. The number of ether oxygens (including phenoxy) is 1. The minimum absolute atomic E-state index is 0.0310. The van der Waals surface area contributed by atoms with E-state index in [1.807, 2.05) is 47.9 Å². The Morgan fingerprint density at radius 1 is 1.08 bits per heavy atom. The SMILES string of the molecule is CCOc1c(Br)cc(Br)cc1/C=c1/sc2n(c1=O)[C@@H](c1ccccc1)C1=C(N=2)c2ccccc2CC1. The maximum absolute atomic E-state index is 14.0. The van der Waals surface area contributed by atoms with Gasteiger partial charge in [-0.3, -0.25) is 9.36 Å². The van der Waals surface area contributed by atoms with E-state index < -0.39 is 0 Å². The Morgan fingerprint density at radius 2 is 1.86 bits per heavy atom. The number of benzene rings is 3. The second-order valence-electron chi connectivity index (χ2n) is 8.76. The Labute approximate surface area is 229 Å². The number of fused-ring (bicyclic) bond motifs is 3. The van der Waals surface area contributed by atoms with Crippen LogP contribution in [0, 0.1) is 0 Å². The predicted octanol–water partition coefficient (Wildman–Crippen LogP) is 6.24. The second kappa shape index (κ2) is 9.61. The molecule has 0 saturated carbocycles. The van der Waals surface area contributed by atoms with Crippen molar-refractivity contribution in [3.05, 3.63) is 123 Å². The molecule has 1 aliphatic heterocycles. The largest absolute Gasteiger partial charge is 0.492 e. The molecule has 3 aromatic carbocycles. The molecular weight excluding hydrogens is 600 g/mol. The van der Waals surface area contributed by atoms with Gasteiger partial charge in [0.1, 0.15) is 5.75 Å². The van der Waals surface area contributed by atoms with Crippen molar-refractivity contribution in [1.82, 2.24) is 4.57 Å². The molecule has 0 spiro atoms. The summed E-state index contributed by atoms with van der Waals surface area (Å²) in [5.74, 6) is 0.722. The zero-order valence-corrected chi connectivity index (χ0v) is 23.5. The number of hydrogen-bond acceptors (Lipinski definition) is 4. The number of nitrogens with zero attached hydrogens (tertiary/aromatic N) is 2. The van der Waals surface area contributed by atoms with Crippen molar-refractivity contribution in [2.24, 2.45) is 4.99 Å². The standard InChI is InChI=1S/C29H22Br2N2O2S/c1-2-35-27-19(14-20(30)16-23(27)31)15-24-28(34)33-26(18-9-4-3-5-10-18)22-13-12-17-8-6-7-11-21(17)25(22)32-29(33)36-24/h3-11,14-16,26H,2,12-13H2,1H3/b24-15+/t26-/m0/s1. The number of thiazole rings is 1.